The molecule has 10 heteroatoms. The zero-order valence-electron chi connectivity index (χ0n) is 20.0. The molecule has 0 unspecified atom stereocenters. The number of ether oxygens (including phenoxy) is 4. The fourth-order valence-electron chi connectivity index (χ4n) is 5.77. The van der Waals surface area contributed by atoms with Gasteiger partial charge in [-0.15, -0.1) is 5.10 Å². The van der Waals surface area contributed by atoms with Gasteiger partial charge in [0.1, 0.15) is 23.9 Å². The van der Waals surface area contributed by atoms with E-state index >= 15 is 0 Å². The summed E-state index contributed by atoms with van der Waals surface area (Å²) in [5.74, 6) is 1.71. The molecule has 37 heavy (non-hydrogen) atoms. The van der Waals surface area contributed by atoms with Gasteiger partial charge in [0.15, 0.2) is 13.6 Å². The normalized spacial score (nSPS) is 18.9. The molecule has 2 aromatic carbocycles. The molecule has 1 amide bonds. The first-order valence-corrected chi connectivity index (χ1v) is 12.1. The van der Waals surface area contributed by atoms with Gasteiger partial charge in [-0.1, -0.05) is 17.7 Å². The fraction of sp³-hybridized carbons (Fsp3) is 0.333. The third-order valence-electron chi connectivity index (χ3n) is 7.45. The molecule has 0 bridgehead atoms. The first kappa shape index (κ1) is 22.0. The van der Waals surface area contributed by atoms with Crippen molar-refractivity contribution in [1.82, 2.24) is 19.7 Å². The van der Waals surface area contributed by atoms with Crippen molar-refractivity contribution >= 4 is 11.6 Å². The summed E-state index contributed by atoms with van der Waals surface area (Å²) in [6.07, 6.45) is 3.10. The van der Waals surface area contributed by atoms with E-state index in [0.29, 0.717) is 26.3 Å². The van der Waals surface area contributed by atoms with Crippen LogP contribution in [0, 0.1) is 16.7 Å². The summed E-state index contributed by atoms with van der Waals surface area (Å²) in [7, 11) is 0. The van der Waals surface area contributed by atoms with Crippen LogP contribution >= 0.6 is 0 Å². The van der Waals surface area contributed by atoms with Crippen LogP contribution < -0.4 is 9.47 Å². The van der Waals surface area contributed by atoms with Crippen molar-refractivity contribution in [3.8, 4) is 17.6 Å². The van der Waals surface area contributed by atoms with Crippen LogP contribution in [0.15, 0.2) is 48.3 Å². The van der Waals surface area contributed by atoms with E-state index in [1.165, 1.54) is 17.5 Å². The number of nitriles is 1. The molecule has 1 spiro atoms. The lowest BCUT2D eigenvalue weighted by Crippen LogP contribution is -2.63. The molecule has 1 saturated heterocycles. The molecule has 0 atom stereocenters. The molecule has 1 saturated carbocycles. The van der Waals surface area contributed by atoms with Crippen molar-refractivity contribution in [1.29, 1.82) is 5.26 Å². The zero-order chi connectivity index (χ0) is 25.0. The van der Waals surface area contributed by atoms with E-state index in [1.807, 2.05) is 18.2 Å². The first-order chi connectivity index (χ1) is 18.1. The van der Waals surface area contributed by atoms with Crippen LogP contribution in [0.2, 0.25) is 0 Å². The molecule has 186 valence electrons. The van der Waals surface area contributed by atoms with Crippen molar-refractivity contribution in [2.24, 2.45) is 5.41 Å². The van der Waals surface area contributed by atoms with Crippen LogP contribution in [0.4, 0.5) is 4.79 Å². The van der Waals surface area contributed by atoms with Gasteiger partial charge in [-0.25, -0.2) is 9.78 Å². The van der Waals surface area contributed by atoms with Gasteiger partial charge in [0, 0.05) is 29.6 Å². The average Bonchev–Trinajstić information content (AvgIpc) is 3.38. The highest BCUT2D eigenvalue weighted by atomic mass is 16.7. The second kappa shape index (κ2) is 8.44. The monoisotopic (exact) mass is 497 g/mol. The number of nitrogens with zero attached hydrogens (tertiary/aromatic N) is 5. The predicted molar refractivity (Wildman–Crippen MR) is 128 cm³/mol. The Morgan fingerprint density at radius 2 is 1.57 bits per heavy atom. The lowest BCUT2D eigenvalue weighted by molar-refractivity contribution is -0.0164. The quantitative estimate of drug-likeness (QED) is 0.529. The van der Waals surface area contributed by atoms with Crippen molar-refractivity contribution in [3.63, 3.8) is 0 Å². The number of likely N-dealkylation sites (tertiary alicyclic amines) is 1. The molecule has 4 heterocycles. The van der Waals surface area contributed by atoms with E-state index in [0.717, 1.165) is 51.3 Å². The summed E-state index contributed by atoms with van der Waals surface area (Å²) in [6.45, 7) is 2.90. The molecule has 0 radical (unpaired) electrons. The average molecular weight is 498 g/mol. The van der Waals surface area contributed by atoms with E-state index in [-0.39, 0.29) is 30.9 Å². The number of carbonyl (C=O) groups excluding carboxylic acids is 1. The zero-order valence-corrected chi connectivity index (χ0v) is 20.0. The largest absolute Gasteiger partial charge is 0.467 e. The van der Waals surface area contributed by atoms with E-state index in [4.69, 9.17) is 24.2 Å². The van der Waals surface area contributed by atoms with Crippen molar-refractivity contribution in [2.75, 3.05) is 26.7 Å². The molecule has 3 aliphatic heterocycles. The fourth-order valence-corrected chi connectivity index (χ4v) is 5.77. The number of hydrogen-bond acceptors (Lipinski definition) is 8. The number of hydrogen-bond donors (Lipinski definition) is 0. The summed E-state index contributed by atoms with van der Waals surface area (Å²) in [5.41, 5.74) is 6.93. The van der Waals surface area contributed by atoms with Crippen molar-refractivity contribution < 1.29 is 23.7 Å². The van der Waals surface area contributed by atoms with Gasteiger partial charge in [-0.3, -0.25) is 0 Å². The second-order valence-corrected chi connectivity index (χ2v) is 9.96. The molecule has 1 aliphatic carbocycles. The van der Waals surface area contributed by atoms with Crippen LogP contribution in [-0.4, -0.2) is 52.4 Å². The van der Waals surface area contributed by atoms with Crippen LogP contribution in [0.3, 0.4) is 0 Å². The number of fused-ring (bicyclic) bond motifs is 2. The summed E-state index contributed by atoms with van der Waals surface area (Å²) in [5, 5.41) is 12.8. The topological polar surface area (TPSA) is 112 Å². The Balaban J connectivity index is 1.18. The molecule has 7 rings (SSSR count). The number of benzene rings is 2. The van der Waals surface area contributed by atoms with E-state index in [2.05, 4.69) is 34.3 Å². The van der Waals surface area contributed by atoms with Crippen molar-refractivity contribution in [2.45, 2.75) is 26.1 Å². The van der Waals surface area contributed by atoms with Gasteiger partial charge in [-0.05, 0) is 53.8 Å². The van der Waals surface area contributed by atoms with Gasteiger partial charge < -0.3 is 23.8 Å². The molecule has 3 aromatic rings. The van der Waals surface area contributed by atoms with Gasteiger partial charge in [0.25, 0.3) is 5.82 Å². The van der Waals surface area contributed by atoms with Crippen LogP contribution in [0.1, 0.15) is 40.9 Å². The Kier molecular flexibility index (Phi) is 5.02. The first-order valence-electron chi connectivity index (χ1n) is 12.1. The molecule has 2 fully saturated rings. The van der Waals surface area contributed by atoms with Gasteiger partial charge in [0.2, 0.25) is 0 Å². The lowest BCUT2D eigenvalue weighted by atomic mass is 9.59. The summed E-state index contributed by atoms with van der Waals surface area (Å²) < 4.78 is 23.4. The number of aromatic nitrogens is 3. The van der Waals surface area contributed by atoms with Gasteiger partial charge in [-0.2, -0.15) is 9.94 Å². The minimum atomic E-state index is -0.248. The smallest absolute Gasteiger partial charge is 0.346 e. The highest BCUT2D eigenvalue weighted by molar-refractivity contribution is 5.85. The third-order valence-corrected chi connectivity index (χ3v) is 7.45. The summed E-state index contributed by atoms with van der Waals surface area (Å²) in [6, 6.07) is 14.2. The minimum Gasteiger partial charge on any atom is -0.467 e. The van der Waals surface area contributed by atoms with Crippen molar-refractivity contribution in [3.05, 3.63) is 76.4 Å². The highest BCUT2D eigenvalue weighted by Crippen LogP contribution is 2.55. The number of amides is 1. The Labute approximate surface area is 212 Å². The molecule has 10 nitrogen and oxygen atoms in total. The number of rotatable bonds is 2. The molecule has 0 N–H and O–H groups in total. The molecular formula is C27H23N5O5. The number of allylic oxidation sites excluding steroid dienone is 1. The van der Waals surface area contributed by atoms with Crippen LogP contribution in [0.5, 0.6) is 11.5 Å². The standard InChI is InChI=1S/C27H23N5O5/c28-9-24-29-14-32(30-24)26(33)31-12-27(13-31)7-21(8-27)25(17-1-3-22-19(5-17)10-34-15-36-22)18-2-4-23-20(6-18)11-35-16-37-23/h1-6,14H,7-8,10-13,15-16H2. The van der Waals surface area contributed by atoms with Crippen LogP contribution in [-0.2, 0) is 22.7 Å². The molecule has 1 aromatic heterocycles. The highest BCUT2D eigenvalue weighted by Gasteiger charge is 2.52. The predicted octanol–water partition coefficient (Wildman–Crippen LogP) is 3.45. The minimum absolute atomic E-state index is 0.0104. The SMILES string of the molecule is N#Cc1ncn(C(=O)N2CC3(CC(=C(c4ccc5c(c4)COCO5)c4ccc5c(c4)COCO5)C3)C2)n1. The Morgan fingerprint density at radius 3 is 2.14 bits per heavy atom. The second-order valence-electron chi connectivity index (χ2n) is 9.96. The maximum atomic E-state index is 12.7. The Hall–Kier alpha value is -4.20. The van der Waals surface area contributed by atoms with Gasteiger partial charge in [0.05, 0.1) is 13.2 Å². The van der Waals surface area contributed by atoms with E-state index < -0.39 is 0 Å². The lowest BCUT2D eigenvalue weighted by Gasteiger charge is -2.57. The van der Waals surface area contributed by atoms with Crippen LogP contribution in [0.25, 0.3) is 5.57 Å². The maximum absolute atomic E-state index is 12.7. The number of carbonyl (C=O) groups is 1. The third kappa shape index (κ3) is 3.75. The molecular weight excluding hydrogens is 474 g/mol. The summed E-state index contributed by atoms with van der Waals surface area (Å²) >= 11 is 0. The molecule has 4 aliphatic rings. The Morgan fingerprint density at radius 1 is 0.946 bits per heavy atom. The van der Waals surface area contributed by atoms with E-state index in [9.17, 15) is 4.79 Å². The summed E-state index contributed by atoms with van der Waals surface area (Å²) in [4.78, 5) is 18.3. The maximum Gasteiger partial charge on any atom is 0.346 e. The van der Waals surface area contributed by atoms with Gasteiger partial charge >= 0.3 is 6.03 Å². The van der Waals surface area contributed by atoms with E-state index in [1.54, 1.807) is 4.90 Å². The Bertz CT molecular complexity index is 1430.